The molecular weight excluding hydrogens is 256 g/mol. The summed E-state index contributed by atoms with van der Waals surface area (Å²) in [5, 5.41) is 8.72. The largest absolute Gasteiger partial charge is 0.481 e. The molecule has 0 unspecified atom stereocenters. The van der Waals surface area contributed by atoms with E-state index < -0.39 is 5.97 Å². The lowest BCUT2D eigenvalue weighted by molar-refractivity contribution is -0.138. The summed E-state index contributed by atoms with van der Waals surface area (Å²) in [6.45, 7) is 13.3. The minimum atomic E-state index is -0.822. The molecule has 0 spiro atoms. The fourth-order valence-corrected chi connectivity index (χ4v) is 2.05. The van der Waals surface area contributed by atoms with Crippen LogP contribution >= 0.6 is 0 Å². The number of hydrogen-bond acceptors (Lipinski definition) is 3. The Labute approximate surface area is 122 Å². The second-order valence-electron chi connectivity index (χ2n) is 6.10. The van der Waals surface area contributed by atoms with Crippen LogP contribution in [0.1, 0.15) is 41.0 Å². The molecule has 0 saturated carbocycles. The van der Waals surface area contributed by atoms with Gasteiger partial charge < -0.3 is 10.0 Å². The van der Waals surface area contributed by atoms with Crippen LogP contribution in [0.4, 0.5) is 0 Å². The third-order valence-corrected chi connectivity index (χ3v) is 2.97. The van der Waals surface area contributed by atoms with Gasteiger partial charge in [-0.1, -0.05) is 34.6 Å². The highest BCUT2D eigenvalue weighted by atomic mass is 16.4. The summed E-state index contributed by atoms with van der Waals surface area (Å²) in [6.07, 6.45) is 0.0789. The van der Waals surface area contributed by atoms with Crippen molar-refractivity contribution >= 4 is 11.9 Å². The Morgan fingerprint density at radius 3 is 1.90 bits per heavy atom. The summed E-state index contributed by atoms with van der Waals surface area (Å²) < 4.78 is 0. The SMILES string of the molecule is CCN(CCC(=O)O)CC(=O)N(CC(C)C)CC(C)C. The first-order valence-corrected chi connectivity index (χ1v) is 7.48. The van der Waals surface area contributed by atoms with E-state index in [1.165, 1.54) is 0 Å². The van der Waals surface area contributed by atoms with E-state index in [9.17, 15) is 9.59 Å². The van der Waals surface area contributed by atoms with Gasteiger partial charge in [0.1, 0.15) is 0 Å². The van der Waals surface area contributed by atoms with E-state index in [2.05, 4.69) is 27.7 Å². The zero-order valence-corrected chi connectivity index (χ0v) is 13.6. The number of likely N-dealkylation sites (N-methyl/N-ethyl adjacent to an activating group) is 1. The van der Waals surface area contributed by atoms with Gasteiger partial charge in [-0.3, -0.25) is 14.5 Å². The molecule has 0 aromatic carbocycles. The van der Waals surface area contributed by atoms with Crippen molar-refractivity contribution < 1.29 is 14.7 Å². The van der Waals surface area contributed by atoms with Gasteiger partial charge in [-0.05, 0) is 18.4 Å². The summed E-state index contributed by atoms with van der Waals surface area (Å²) in [4.78, 5) is 26.8. The summed E-state index contributed by atoms with van der Waals surface area (Å²) in [7, 11) is 0. The van der Waals surface area contributed by atoms with E-state index >= 15 is 0 Å². The predicted molar refractivity (Wildman–Crippen MR) is 80.6 cm³/mol. The minimum Gasteiger partial charge on any atom is -0.481 e. The molecule has 0 aliphatic carbocycles. The first-order valence-electron chi connectivity index (χ1n) is 7.48. The van der Waals surface area contributed by atoms with Crippen LogP contribution in [-0.2, 0) is 9.59 Å². The number of carboxylic acids is 1. The van der Waals surface area contributed by atoms with Crippen molar-refractivity contribution in [1.82, 2.24) is 9.80 Å². The van der Waals surface area contributed by atoms with Crippen LogP contribution in [0.2, 0.25) is 0 Å². The number of carbonyl (C=O) groups excluding carboxylic acids is 1. The molecule has 0 bridgehead atoms. The molecule has 118 valence electrons. The number of nitrogens with zero attached hydrogens (tertiary/aromatic N) is 2. The van der Waals surface area contributed by atoms with E-state index in [1.54, 1.807) is 0 Å². The van der Waals surface area contributed by atoms with Crippen LogP contribution in [0.25, 0.3) is 0 Å². The smallest absolute Gasteiger partial charge is 0.304 e. The third-order valence-electron chi connectivity index (χ3n) is 2.97. The number of hydrogen-bond donors (Lipinski definition) is 1. The summed E-state index contributed by atoms with van der Waals surface area (Å²) in [5.41, 5.74) is 0. The molecule has 0 heterocycles. The van der Waals surface area contributed by atoms with Crippen molar-refractivity contribution in [3.8, 4) is 0 Å². The first kappa shape index (κ1) is 18.9. The van der Waals surface area contributed by atoms with Gasteiger partial charge in [0.25, 0.3) is 0 Å². The maximum Gasteiger partial charge on any atom is 0.304 e. The average Bonchev–Trinajstić information content (AvgIpc) is 2.31. The standard InChI is InChI=1S/C15H30N2O3/c1-6-16(8-7-15(19)20)11-14(18)17(9-12(2)3)10-13(4)5/h12-13H,6-11H2,1-5H3,(H,19,20). The van der Waals surface area contributed by atoms with Crippen LogP contribution in [-0.4, -0.2) is 59.5 Å². The van der Waals surface area contributed by atoms with Gasteiger partial charge in [0, 0.05) is 19.6 Å². The van der Waals surface area contributed by atoms with Crippen molar-refractivity contribution in [3.63, 3.8) is 0 Å². The van der Waals surface area contributed by atoms with Crippen LogP contribution in [0.5, 0.6) is 0 Å². The first-order chi connectivity index (χ1) is 9.26. The Kier molecular flexibility index (Phi) is 9.21. The topological polar surface area (TPSA) is 60.9 Å². The average molecular weight is 286 g/mol. The summed E-state index contributed by atoms with van der Waals surface area (Å²) in [6, 6.07) is 0. The van der Waals surface area contributed by atoms with Crippen LogP contribution < -0.4 is 0 Å². The highest BCUT2D eigenvalue weighted by Crippen LogP contribution is 2.05. The lowest BCUT2D eigenvalue weighted by Crippen LogP contribution is -2.44. The zero-order chi connectivity index (χ0) is 15.7. The maximum absolute atomic E-state index is 12.4. The van der Waals surface area contributed by atoms with E-state index in [0.717, 1.165) is 13.1 Å². The molecule has 0 fully saturated rings. The van der Waals surface area contributed by atoms with Crippen molar-refractivity contribution in [3.05, 3.63) is 0 Å². The van der Waals surface area contributed by atoms with Gasteiger partial charge in [0.2, 0.25) is 5.91 Å². The molecule has 0 aromatic heterocycles. The normalized spacial score (nSPS) is 11.4. The van der Waals surface area contributed by atoms with E-state index in [-0.39, 0.29) is 12.3 Å². The molecule has 1 N–H and O–H groups in total. The highest BCUT2D eigenvalue weighted by molar-refractivity contribution is 5.78. The van der Waals surface area contributed by atoms with E-state index in [1.807, 2.05) is 16.7 Å². The van der Waals surface area contributed by atoms with Gasteiger partial charge in [-0.15, -0.1) is 0 Å². The second-order valence-corrected chi connectivity index (χ2v) is 6.10. The van der Waals surface area contributed by atoms with Crippen molar-refractivity contribution in [1.29, 1.82) is 0 Å². The van der Waals surface area contributed by atoms with Crippen molar-refractivity contribution in [2.75, 3.05) is 32.7 Å². The number of aliphatic carboxylic acids is 1. The Bertz CT molecular complexity index is 293. The quantitative estimate of drug-likeness (QED) is 0.666. The van der Waals surface area contributed by atoms with Gasteiger partial charge >= 0.3 is 5.97 Å². The molecule has 1 amide bonds. The van der Waals surface area contributed by atoms with E-state index in [4.69, 9.17) is 5.11 Å². The summed E-state index contributed by atoms with van der Waals surface area (Å²) >= 11 is 0. The van der Waals surface area contributed by atoms with Gasteiger partial charge in [0.15, 0.2) is 0 Å². The summed E-state index contributed by atoms with van der Waals surface area (Å²) in [5.74, 6) is 0.148. The fraction of sp³-hybridized carbons (Fsp3) is 0.867. The monoisotopic (exact) mass is 286 g/mol. The lowest BCUT2D eigenvalue weighted by atomic mass is 10.1. The molecule has 0 radical (unpaired) electrons. The van der Waals surface area contributed by atoms with Crippen LogP contribution in [0.15, 0.2) is 0 Å². The molecule has 0 saturated heterocycles. The van der Waals surface area contributed by atoms with Crippen LogP contribution in [0, 0.1) is 11.8 Å². The van der Waals surface area contributed by atoms with Crippen molar-refractivity contribution in [2.24, 2.45) is 11.8 Å². The van der Waals surface area contributed by atoms with E-state index in [0.29, 0.717) is 31.5 Å². The molecule has 0 aliphatic heterocycles. The Balaban J connectivity index is 4.49. The van der Waals surface area contributed by atoms with Gasteiger partial charge in [0.05, 0.1) is 13.0 Å². The number of rotatable bonds is 10. The molecule has 5 heteroatoms. The molecule has 20 heavy (non-hydrogen) atoms. The number of amides is 1. The lowest BCUT2D eigenvalue weighted by Gasteiger charge is -2.29. The molecule has 0 aliphatic rings. The number of carbonyl (C=O) groups is 2. The highest BCUT2D eigenvalue weighted by Gasteiger charge is 2.19. The van der Waals surface area contributed by atoms with Crippen molar-refractivity contribution in [2.45, 2.75) is 41.0 Å². The Hall–Kier alpha value is -1.10. The molecular formula is C15H30N2O3. The second kappa shape index (κ2) is 9.75. The molecule has 0 aromatic rings. The third kappa shape index (κ3) is 8.91. The fourth-order valence-electron chi connectivity index (χ4n) is 2.05. The Morgan fingerprint density at radius 2 is 1.55 bits per heavy atom. The molecule has 0 atom stereocenters. The van der Waals surface area contributed by atoms with Gasteiger partial charge in [-0.25, -0.2) is 0 Å². The maximum atomic E-state index is 12.4. The van der Waals surface area contributed by atoms with Crippen LogP contribution in [0.3, 0.4) is 0 Å². The van der Waals surface area contributed by atoms with Gasteiger partial charge in [-0.2, -0.15) is 0 Å². The predicted octanol–water partition coefficient (Wildman–Crippen LogP) is 1.92. The Morgan fingerprint density at radius 1 is 1.05 bits per heavy atom. The minimum absolute atomic E-state index is 0.0789. The number of carboxylic acid groups (broad SMARTS) is 1. The zero-order valence-electron chi connectivity index (χ0n) is 13.6. The molecule has 5 nitrogen and oxygen atoms in total. The molecule has 0 rings (SSSR count).